The van der Waals surface area contributed by atoms with Crippen LogP contribution in [0.25, 0.3) is 0 Å². The Hall–Kier alpha value is -2.27. The lowest BCUT2D eigenvalue weighted by molar-refractivity contribution is -0.140. The molecule has 0 aliphatic rings. The van der Waals surface area contributed by atoms with Crippen molar-refractivity contribution in [2.75, 3.05) is 5.75 Å². The Bertz CT molecular complexity index is 913. The van der Waals surface area contributed by atoms with E-state index < -0.39 is 6.04 Å². The van der Waals surface area contributed by atoms with Crippen LogP contribution in [-0.4, -0.2) is 34.0 Å². The van der Waals surface area contributed by atoms with Crippen LogP contribution in [0.5, 0.6) is 0 Å². The molecule has 0 aliphatic carbocycles. The van der Waals surface area contributed by atoms with Crippen molar-refractivity contribution >= 4 is 23.6 Å². The highest BCUT2D eigenvalue weighted by Crippen LogP contribution is 2.19. The summed E-state index contributed by atoms with van der Waals surface area (Å²) in [6.45, 7) is 14.5. The highest BCUT2D eigenvalue weighted by Gasteiger charge is 2.30. The molecule has 0 aromatic heterocycles. The zero-order chi connectivity index (χ0) is 23.9. The minimum Gasteiger partial charge on any atom is -0.350 e. The maximum Gasteiger partial charge on any atom is 0.243 e. The molecule has 0 aliphatic heterocycles. The third-order valence-electron chi connectivity index (χ3n) is 5.10. The van der Waals surface area contributed by atoms with E-state index in [1.54, 1.807) is 16.7 Å². The molecular formula is C27H38N2O2S. The number of thioether (sulfide) groups is 1. The monoisotopic (exact) mass is 454 g/mol. The molecule has 1 atom stereocenters. The van der Waals surface area contributed by atoms with Gasteiger partial charge in [-0.05, 0) is 59.1 Å². The van der Waals surface area contributed by atoms with Gasteiger partial charge >= 0.3 is 0 Å². The smallest absolute Gasteiger partial charge is 0.243 e. The first kappa shape index (κ1) is 26.0. The molecule has 1 N–H and O–H groups in total. The standard InChI is InChI=1S/C27H38N2O2S/c1-8-24(26(31)28-27(5,6)7)29(16-22-11-9-10-19(2)13-22)25(30)18-32-17-23-14-20(3)12-21(4)15-23/h9-15,24H,8,16-18H2,1-7H3,(H,28,31)/t24-/m1/s1. The Kier molecular flexibility index (Phi) is 9.38. The molecule has 0 heterocycles. The maximum atomic E-state index is 13.4. The summed E-state index contributed by atoms with van der Waals surface area (Å²) in [7, 11) is 0. The Labute approximate surface area is 198 Å². The molecule has 5 heteroatoms. The highest BCUT2D eigenvalue weighted by atomic mass is 32.2. The molecule has 32 heavy (non-hydrogen) atoms. The third-order valence-corrected chi connectivity index (χ3v) is 6.08. The predicted octanol–water partition coefficient (Wildman–Crippen LogP) is 5.57. The zero-order valence-corrected chi connectivity index (χ0v) is 21.4. The lowest BCUT2D eigenvalue weighted by atomic mass is 10.1. The number of hydrogen-bond acceptors (Lipinski definition) is 3. The van der Waals surface area contributed by atoms with E-state index in [1.165, 1.54) is 16.7 Å². The summed E-state index contributed by atoms with van der Waals surface area (Å²) in [4.78, 5) is 28.2. The summed E-state index contributed by atoms with van der Waals surface area (Å²) < 4.78 is 0. The number of hydrogen-bond donors (Lipinski definition) is 1. The summed E-state index contributed by atoms with van der Waals surface area (Å²) in [5.41, 5.74) is 5.53. The van der Waals surface area contributed by atoms with Gasteiger partial charge in [0.2, 0.25) is 11.8 Å². The quantitative estimate of drug-likeness (QED) is 0.539. The number of carbonyl (C=O) groups excluding carboxylic acids is 2. The third kappa shape index (κ3) is 8.34. The Balaban J connectivity index is 2.17. The molecule has 2 aromatic rings. The van der Waals surface area contributed by atoms with Crippen LogP contribution in [0.3, 0.4) is 0 Å². The van der Waals surface area contributed by atoms with Gasteiger partial charge in [0.05, 0.1) is 5.75 Å². The number of carbonyl (C=O) groups is 2. The second-order valence-corrected chi connectivity index (χ2v) is 10.6. The van der Waals surface area contributed by atoms with Crippen molar-refractivity contribution in [2.24, 2.45) is 0 Å². The number of amides is 2. The van der Waals surface area contributed by atoms with E-state index >= 15 is 0 Å². The lowest BCUT2D eigenvalue weighted by Gasteiger charge is -2.33. The van der Waals surface area contributed by atoms with Gasteiger partial charge in [-0.3, -0.25) is 9.59 Å². The normalized spacial score (nSPS) is 12.3. The molecule has 2 amide bonds. The minimum absolute atomic E-state index is 0.00297. The molecule has 0 unspecified atom stereocenters. The minimum atomic E-state index is -0.496. The van der Waals surface area contributed by atoms with E-state index in [4.69, 9.17) is 0 Å². The number of nitrogens with zero attached hydrogens (tertiary/aromatic N) is 1. The first-order valence-electron chi connectivity index (χ1n) is 11.3. The van der Waals surface area contributed by atoms with Gasteiger partial charge in [0.1, 0.15) is 6.04 Å². The number of rotatable bonds is 9. The second kappa shape index (κ2) is 11.6. The number of benzene rings is 2. The molecule has 2 aromatic carbocycles. The molecule has 0 spiro atoms. The van der Waals surface area contributed by atoms with Crippen LogP contribution in [-0.2, 0) is 21.9 Å². The van der Waals surface area contributed by atoms with E-state index in [-0.39, 0.29) is 17.4 Å². The van der Waals surface area contributed by atoms with Crippen LogP contribution in [0.1, 0.15) is 61.9 Å². The van der Waals surface area contributed by atoms with Crippen molar-refractivity contribution in [3.8, 4) is 0 Å². The summed E-state index contributed by atoms with van der Waals surface area (Å²) in [5, 5.41) is 3.06. The van der Waals surface area contributed by atoms with Crippen LogP contribution in [0, 0.1) is 20.8 Å². The average molecular weight is 455 g/mol. The molecule has 0 bridgehead atoms. The van der Waals surface area contributed by atoms with E-state index in [0.717, 1.165) is 16.9 Å². The fourth-order valence-electron chi connectivity index (χ4n) is 3.87. The highest BCUT2D eigenvalue weighted by molar-refractivity contribution is 7.99. The largest absolute Gasteiger partial charge is 0.350 e. The van der Waals surface area contributed by atoms with Gasteiger partial charge in [0.15, 0.2) is 0 Å². The van der Waals surface area contributed by atoms with Gasteiger partial charge in [-0.25, -0.2) is 0 Å². The molecule has 4 nitrogen and oxygen atoms in total. The first-order valence-corrected chi connectivity index (χ1v) is 12.5. The van der Waals surface area contributed by atoms with Gasteiger partial charge in [0.25, 0.3) is 0 Å². The molecule has 0 radical (unpaired) electrons. The molecule has 0 saturated carbocycles. The van der Waals surface area contributed by atoms with E-state index in [0.29, 0.717) is 18.7 Å². The van der Waals surface area contributed by atoms with Crippen LogP contribution in [0.2, 0.25) is 0 Å². The molecule has 2 rings (SSSR count). The van der Waals surface area contributed by atoms with Crippen molar-refractivity contribution < 1.29 is 9.59 Å². The summed E-state index contributed by atoms with van der Waals surface area (Å²) in [6.07, 6.45) is 0.571. The van der Waals surface area contributed by atoms with Crippen molar-refractivity contribution in [1.29, 1.82) is 0 Å². The number of nitrogens with one attached hydrogen (secondary N) is 1. The summed E-state index contributed by atoms with van der Waals surface area (Å²) in [5.74, 6) is 1.02. The molecule has 0 saturated heterocycles. The van der Waals surface area contributed by atoms with Crippen molar-refractivity contribution in [3.05, 3.63) is 70.3 Å². The summed E-state index contributed by atoms with van der Waals surface area (Å²) in [6, 6.07) is 14.1. The Morgan fingerprint density at radius 1 is 0.969 bits per heavy atom. The fourth-order valence-corrected chi connectivity index (χ4v) is 4.72. The molecule has 0 fully saturated rings. The predicted molar refractivity (Wildman–Crippen MR) is 136 cm³/mol. The SMILES string of the molecule is CC[C@H](C(=O)NC(C)(C)C)N(Cc1cccc(C)c1)C(=O)CSCc1cc(C)cc(C)c1. The fraction of sp³-hybridized carbons (Fsp3) is 0.481. The lowest BCUT2D eigenvalue weighted by Crippen LogP contribution is -2.53. The van der Waals surface area contributed by atoms with Gasteiger partial charge in [-0.2, -0.15) is 0 Å². The van der Waals surface area contributed by atoms with Gasteiger partial charge < -0.3 is 10.2 Å². The second-order valence-electron chi connectivity index (χ2n) is 9.66. The molecule has 174 valence electrons. The maximum absolute atomic E-state index is 13.4. The van der Waals surface area contributed by atoms with E-state index in [2.05, 4.69) is 43.4 Å². The van der Waals surface area contributed by atoms with Crippen molar-refractivity contribution in [1.82, 2.24) is 10.2 Å². The zero-order valence-electron chi connectivity index (χ0n) is 20.6. The molecular weight excluding hydrogens is 416 g/mol. The van der Waals surface area contributed by atoms with E-state index in [1.807, 2.05) is 52.8 Å². The number of aryl methyl sites for hydroxylation is 3. The van der Waals surface area contributed by atoms with Crippen LogP contribution < -0.4 is 5.32 Å². The van der Waals surface area contributed by atoms with Crippen LogP contribution >= 0.6 is 11.8 Å². The Morgan fingerprint density at radius 2 is 1.59 bits per heavy atom. The first-order chi connectivity index (χ1) is 15.0. The van der Waals surface area contributed by atoms with Crippen molar-refractivity contribution in [3.63, 3.8) is 0 Å². The Morgan fingerprint density at radius 3 is 2.16 bits per heavy atom. The van der Waals surface area contributed by atoms with Crippen LogP contribution in [0.15, 0.2) is 42.5 Å². The van der Waals surface area contributed by atoms with Gasteiger partial charge in [-0.1, -0.05) is 66.1 Å². The van der Waals surface area contributed by atoms with E-state index in [9.17, 15) is 9.59 Å². The van der Waals surface area contributed by atoms with Gasteiger partial charge in [0, 0.05) is 17.8 Å². The van der Waals surface area contributed by atoms with Gasteiger partial charge in [-0.15, -0.1) is 11.8 Å². The van der Waals surface area contributed by atoms with Crippen molar-refractivity contribution in [2.45, 2.75) is 78.8 Å². The van der Waals surface area contributed by atoms with Crippen LogP contribution in [0.4, 0.5) is 0 Å². The topological polar surface area (TPSA) is 49.4 Å². The average Bonchev–Trinajstić information content (AvgIpc) is 2.65. The summed E-state index contributed by atoms with van der Waals surface area (Å²) >= 11 is 1.60.